The molecule has 0 unspecified atom stereocenters. The number of rotatable bonds is 2. The number of nitrogens with two attached hydrogens (primary N) is 1. The number of aromatic amines is 1. The van der Waals surface area contributed by atoms with E-state index in [1.165, 1.54) is 4.31 Å². The number of hydrogen-bond donors (Lipinski definition) is 2. The number of nitrogens with zero attached hydrogens (tertiary/aromatic N) is 2. The van der Waals surface area contributed by atoms with Crippen LogP contribution in [0.15, 0.2) is 18.3 Å². The number of piperazine rings is 1. The van der Waals surface area contributed by atoms with Gasteiger partial charge in [0.2, 0.25) is 0 Å². The first-order valence-corrected chi connectivity index (χ1v) is 6.69. The van der Waals surface area contributed by atoms with Gasteiger partial charge in [-0.2, -0.15) is 12.7 Å². The number of amides is 1. The van der Waals surface area contributed by atoms with Crippen LogP contribution in [0, 0.1) is 0 Å². The van der Waals surface area contributed by atoms with Gasteiger partial charge in [-0.15, -0.1) is 0 Å². The number of hydrogen-bond acceptors (Lipinski definition) is 3. The van der Waals surface area contributed by atoms with Crippen molar-refractivity contribution in [3.63, 3.8) is 0 Å². The van der Waals surface area contributed by atoms with Crippen molar-refractivity contribution in [1.29, 1.82) is 0 Å². The predicted molar refractivity (Wildman–Crippen MR) is 61.4 cm³/mol. The average Bonchev–Trinajstić information content (AvgIpc) is 2.80. The van der Waals surface area contributed by atoms with Crippen LogP contribution in [-0.4, -0.2) is 54.7 Å². The molecule has 1 fully saturated rings. The Balaban J connectivity index is 1.98. The highest BCUT2D eigenvalue weighted by molar-refractivity contribution is 7.86. The first kappa shape index (κ1) is 12.1. The van der Waals surface area contributed by atoms with Gasteiger partial charge in [0, 0.05) is 32.4 Å². The average molecular weight is 258 g/mol. The van der Waals surface area contributed by atoms with Gasteiger partial charge in [-0.05, 0) is 12.1 Å². The zero-order valence-electron chi connectivity index (χ0n) is 9.17. The van der Waals surface area contributed by atoms with Gasteiger partial charge >= 0.3 is 0 Å². The summed E-state index contributed by atoms with van der Waals surface area (Å²) in [7, 11) is -3.64. The zero-order chi connectivity index (χ0) is 12.5. The van der Waals surface area contributed by atoms with E-state index in [2.05, 4.69) is 4.98 Å². The van der Waals surface area contributed by atoms with Crippen molar-refractivity contribution in [2.75, 3.05) is 26.2 Å². The molecule has 2 rings (SSSR count). The molecule has 8 heteroatoms. The van der Waals surface area contributed by atoms with E-state index in [1.807, 2.05) is 0 Å². The highest BCUT2D eigenvalue weighted by Crippen LogP contribution is 2.08. The molecule has 94 valence electrons. The molecule has 0 atom stereocenters. The zero-order valence-corrected chi connectivity index (χ0v) is 9.98. The fraction of sp³-hybridized carbons (Fsp3) is 0.444. The van der Waals surface area contributed by atoms with E-state index in [-0.39, 0.29) is 19.0 Å². The lowest BCUT2D eigenvalue weighted by molar-refractivity contribution is 0.0692. The lowest BCUT2D eigenvalue weighted by Crippen LogP contribution is -2.52. The Hall–Kier alpha value is -1.38. The Morgan fingerprint density at radius 1 is 1.29 bits per heavy atom. The highest BCUT2D eigenvalue weighted by Gasteiger charge is 2.27. The Labute approximate surface area is 99.4 Å². The number of carbonyl (C=O) groups excluding carboxylic acids is 1. The predicted octanol–water partition coefficient (Wildman–Crippen LogP) is -1.02. The molecular formula is C9H14N4O3S. The number of carbonyl (C=O) groups is 1. The molecule has 1 aromatic heterocycles. The molecule has 1 saturated heterocycles. The maximum Gasteiger partial charge on any atom is 0.277 e. The van der Waals surface area contributed by atoms with Gasteiger partial charge < -0.3 is 9.88 Å². The van der Waals surface area contributed by atoms with Crippen molar-refractivity contribution in [2.24, 2.45) is 5.14 Å². The molecule has 1 aromatic rings. The summed E-state index contributed by atoms with van der Waals surface area (Å²) in [6, 6.07) is 3.43. The van der Waals surface area contributed by atoms with Gasteiger partial charge in [-0.1, -0.05) is 0 Å². The van der Waals surface area contributed by atoms with Crippen molar-refractivity contribution < 1.29 is 13.2 Å². The minimum absolute atomic E-state index is 0.121. The molecule has 1 amide bonds. The number of aromatic nitrogens is 1. The highest BCUT2D eigenvalue weighted by atomic mass is 32.2. The van der Waals surface area contributed by atoms with Gasteiger partial charge in [-0.3, -0.25) is 4.79 Å². The Kier molecular flexibility index (Phi) is 3.18. The van der Waals surface area contributed by atoms with Gasteiger partial charge in [0.1, 0.15) is 5.69 Å². The lowest BCUT2D eigenvalue weighted by atomic mass is 10.3. The van der Waals surface area contributed by atoms with E-state index in [0.717, 1.165) is 0 Å². The standard InChI is InChI=1S/C9H14N4O3S/c10-17(15,16)13-6-4-12(5-7-13)9(14)8-2-1-3-11-8/h1-3,11H,4-7H2,(H2,10,15,16). The van der Waals surface area contributed by atoms with Crippen molar-refractivity contribution in [2.45, 2.75) is 0 Å². The normalized spacial score (nSPS) is 18.3. The van der Waals surface area contributed by atoms with Crippen LogP contribution in [0.1, 0.15) is 10.5 Å². The van der Waals surface area contributed by atoms with E-state index in [4.69, 9.17) is 5.14 Å². The van der Waals surface area contributed by atoms with Crippen molar-refractivity contribution in [3.8, 4) is 0 Å². The van der Waals surface area contributed by atoms with Crippen molar-refractivity contribution in [3.05, 3.63) is 24.0 Å². The van der Waals surface area contributed by atoms with Gasteiger partial charge in [0.25, 0.3) is 16.1 Å². The molecule has 17 heavy (non-hydrogen) atoms. The lowest BCUT2D eigenvalue weighted by Gasteiger charge is -2.32. The van der Waals surface area contributed by atoms with E-state index >= 15 is 0 Å². The minimum Gasteiger partial charge on any atom is -0.357 e. The molecule has 3 N–H and O–H groups in total. The number of nitrogens with one attached hydrogen (secondary N) is 1. The summed E-state index contributed by atoms with van der Waals surface area (Å²) < 4.78 is 23.3. The van der Waals surface area contributed by atoms with Crippen LogP contribution >= 0.6 is 0 Å². The van der Waals surface area contributed by atoms with Crippen LogP contribution in [0.5, 0.6) is 0 Å². The van der Waals surface area contributed by atoms with Crippen LogP contribution in [0.2, 0.25) is 0 Å². The monoisotopic (exact) mass is 258 g/mol. The van der Waals surface area contributed by atoms with Crippen LogP contribution in [0.25, 0.3) is 0 Å². The summed E-state index contributed by atoms with van der Waals surface area (Å²) >= 11 is 0. The Morgan fingerprint density at radius 2 is 1.94 bits per heavy atom. The Bertz CT molecular complexity index is 488. The maximum atomic E-state index is 11.9. The van der Waals surface area contributed by atoms with Gasteiger partial charge in [-0.25, -0.2) is 5.14 Å². The van der Waals surface area contributed by atoms with Crippen LogP contribution in [0.4, 0.5) is 0 Å². The maximum absolute atomic E-state index is 11.9. The van der Waals surface area contributed by atoms with E-state index in [1.54, 1.807) is 23.2 Å². The summed E-state index contributed by atoms with van der Waals surface area (Å²) in [5, 5.41) is 5.01. The molecule has 1 aliphatic rings. The summed E-state index contributed by atoms with van der Waals surface area (Å²) in [6.45, 7) is 1.19. The second-order valence-electron chi connectivity index (χ2n) is 3.82. The largest absolute Gasteiger partial charge is 0.357 e. The van der Waals surface area contributed by atoms with Crippen LogP contribution in [-0.2, 0) is 10.2 Å². The first-order valence-electron chi connectivity index (χ1n) is 5.19. The SMILES string of the molecule is NS(=O)(=O)N1CCN(C(=O)c2ccc[nH]2)CC1. The van der Waals surface area contributed by atoms with E-state index in [0.29, 0.717) is 18.8 Å². The fourth-order valence-corrected chi connectivity index (χ4v) is 2.45. The first-order chi connectivity index (χ1) is 7.98. The minimum atomic E-state index is -3.64. The molecule has 0 radical (unpaired) electrons. The summed E-state index contributed by atoms with van der Waals surface area (Å²) in [6.07, 6.45) is 1.67. The summed E-state index contributed by atoms with van der Waals surface area (Å²) in [4.78, 5) is 16.3. The van der Waals surface area contributed by atoms with E-state index in [9.17, 15) is 13.2 Å². The van der Waals surface area contributed by atoms with Gasteiger partial charge in [0.05, 0.1) is 0 Å². The quantitative estimate of drug-likeness (QED) is 0.710. The number of H-pyrrole nitrogens is 1. The Morgan fingerprint density at radius 3 is 2.41 bits per heavy atom. The van der Waals surface area contributed by atoms with Crippen LogP contribution < -0.4 is 5.14 Å². The van der Waals surface area contributed by atoms with Crippen molar-refractivity contribution in [1.82, 2.24) is 14.2 Å². The fourth-order valence-electron chi connectivity index (χ4n) is 1.78. The molecule has 0 saturated carbocycles. The molecule has 0 aromatic carbocycles. The molecular weight excluding hydrogens is 244 g/mol. The van der Waals surface area contributed by atoms with Gasteiger partial charge in [0.15, 0.2) is 0 Å². The second kappa shape index (κ2) is 4.47. The second-order valence-corrected chi connectivity index (χ2v) is 5.37. The molecule has 1 aliphatic heterocycles. The van der Waals surface area contributed by atoms with E-state index < -0.39 is 10.2 Å². The third kappa shape index (κ3) is 2.65. The van der Waals surface area contributed by atoms with Crippen LogP contribution in [0.3, 0.4) is 0 Å². The molecule has 0 bridgehead atoms. The topological polar surface area (TPSA) is 99.5 Å². The molecule has 2 heterocycles. The molecule has 0 aliphatic carbocycles. The summed E-state index contributed by atoms with van der Waals surface area (Å²) in [5.74, 6) is -0.121. The smallest absolute Gasteiger partial charge is 0.277 e. The third-order valence-corrected chi connectivity index (χ3v) is 3.80. The molecule has 7 nitrogen and oxygen atoms in total. The van der Waals surface area contributed by atoms with Crippen molar-refractivity contribution >= 4 is 16.1 Å². The summed E-state index contributed by atoms with van der Waals surface area (Å²) in [5.41, 5.74) is 0.508. The molecule has 0 spiro atoms. The third-order valence-electron chi connectivity index (χ3n) is 2.71.